The van der Waals surface area contributed by atoms with E-state index in [0.717, 1.165) is 29.2 Å². The molecule has 0 aliphatic rings. The molecule has 2 rings (SSSR count). The summed E-state index contributed by atoms with van der Waals surface area (Å²) in [5, 5.41) is 6.46. The summed E-state index contributed by atoms with van der Waals surface area (Å²) in [6.45, 7) is 3.82. The molecule has 7 heteroatoms. The van der Waals surface area contributed by atoms with Gasteiger partial charge in [-0.15, -0.1) is 0 Å². The SMILES string of the molecule is CCNC(=NCc1ccc(OC)cc1OC)NCCS(=O)Cc1ccccc1. The molecule has 28 heavy (non-hydrogen) atoms. The van der Waals surface area contributed by atoms with Gasteiger partial charge in [0.15, 0.2) is 5.96 Å². The highest BCUT2D eigenvalue weighted by molar-refractivity contribution is 7.84. The van der Waals surface area contributed by atoms with Crippen LogP contribution in [0.3, 0.4) is 0 Å². The molecule has 0 aliphatic carbocycles. The van der Waals surface area contributed by atoms with Gasteiger partial charge in [-0.2, -0.15) is 0 Å². The smallest absolute Gasteiger partial charge is 0.191 e. The highest BCUT2D eigenvalue weighted by Gasteiger charge is 2.06. The van der Waals surface area contributed by atoms with Gasteiger partial charge in [0.1, 0.15) is 11.5 Å². The van der Waals surface area contributed by atoms with E-state index in [-0.39, 0.29) is 0 Å². The number of rotatable bonds is 10. The fourth-order valence-electron chi connectivity index (χ4n) is 2.60. The van der Waals surface area contributed by atoms with E-state index in [1.54, 1.807) is 14.2 Å². The summed E-state index contributed by atoms with van der Waals surface area (Å²) in [6.07, 6.45) is 0. The first-order chi connectivity index (χ1) is 13.7. The fourth-order valence-corrected chi connectivity index (χ4v) is 3.64. The molecule has 6 nitrogen and oxygen atoms in total. The zero-order chi connectivity index (χ0) is 20.2. The zero-order valence-electron chi connectivity index (χ0n) is 16.7. The molecule has 0 saturated carbocycles. The van der Waals surface area contributed by atoms with E-state index in [0.29, 0.717) is 30.6 Å². The van der Waals surface area contributed by atoms with Crippen LogP contribution >= 0.6 is 0 Å². The van der Waals surface area contributed by atoms with Gasteiger partial charge in [-0.05, 0) is 24.6 Å². The molecule has 2 aromatic rings. The molecule has 0 heterocycles. The number of hydrogen-bond acceptors (Lipinski definition) is 4. The Morgan fingerprint density at radius 2 is 1.86 bits per heavy atom. The maximum Gasteiger partial charge on any atom is 0.191 e. The molecule has 0 saturated heterocycles. The van der Waals surface area contributed by atoms with Gasteiger partial charge in [-0.1, -0.05) is 30.3 Å². The minimum atomic E-state index is -0.919. The number of aliphatic imine (C=N–C) groups is 1. The highest BCUT2D eigenvalue weighted by Crippen LogP contribution is 2.25. The summed E-state index contributed by atoms with van der Waals surface area (Å²) in [4.78, 5) is 4.60. The molecule has 2 aromatic carbocycles. The normalized spacial score (nSPS) is 12.3. The Bertz CT molecular complexity index is 782. The van der Waals surface area contributed by atoms with Gasteiger partial charge < -0.3 is 20.1 Å². The largest absolute Gasteiger partial charge is 0.497 e. The van der Waals surface area contributed by atoms with Crippen molar-refractivity contribution in [2.45, 2.75) is 19.2 Å². The van der Waals surface area contributed by atoms with Crippen molar-refractivity contribution in [2.75, 3.05) is 33.1 Å². The summed E-state index contributed by atoms with van der Waals surface area (Å²) < 4.78 is 22.9. The third-order valence-electron chi connectivity index (χ3n) is 4.04. The van der Waals surface area contributed by atoms with Crippen LogP contribution in [-0.4, -0.2) is 43.2 Å². The van der Waals surface area contributed by atoms with Crippen molar-refractivity contribution in [1.29, 1.82) is 0 Å². The fraction of sp³-hybridized carbons (Fsp3) is 0.381. The lowest BCUT2D eigenvalue weighted by Crippen LogP contribution is -2.39. The van der Waals surface area contributed by atoms with Crippen molar-refractivity contribution >= 4 is 16.8 Å². The van der Waals surface area contributed by atoms with E-state index in [1.165, 1.54) is 0 Å². The Morgan fingerprint density at radius 3 is 2.54 bits per heavy atom. The Kier molecular flexibility index (Phi) is 9.34. The van der Waals surface area contributed by atoms with Crippen LogP contribution in [0.15, 0.2) is 53.5 Å². The monoisotopic (exact) mass is 403 g/mol. The number of methoxy groups -OCH3 is 2. The third kappa shape index (κ3) is 7.23. The molecular weight excluding hydrogens is 374 g/mol. The molecule has 0 spiro atoms. The van der Waals surface area contributed by atoms with Crippen molar-refractivity contribution in [1.82, 2.24) is 10.6 Å². The van der Waals surface area contributed by atoms with Crippen LogP contribution in [0.5, 0.6) is 11.5 Å². The second-order valence-electron chi connectivity index (χ2n) is 6.07. The average Bonchev–Trinajstić information content (AvgIpc) is 2.72. The summed E-state index contributed by atoms with van der Waals surface area (Å²) in [5.74, 6) is 3.31. The van der Waals surface area contributed by atoms with Crippen molar-refractivity contribution in [3.63, 3.8) is 0 Å². The first-order valence-electron chi connectivity index (χ1n) is 9.28. The standard InChI is InChI=1S/C21H29N3O3S/c1-4-22-21(23-12-13-28(25)16-17-8-6-5-7-9-17)24-15-18-10-11-19(26-2)14-20(18)27-3/h5-11,14H,4,12-13,15-16H2,1-3H3,(H2,22,23,24). The molecule has 1 atom stereocenters. The number of nitrogens with zero attached hydrogens (tertiary/aromatic N) is 1. The molecule has 0 radical (unpaired) electrons. The zero-order valence-corrected chi connectivity index (χ0v) is 17.6. The summed E-state index contributed by atoms with van der Waals surface area (Å²) in [6, 6.07) is 15.6. The number of hydrogen-bond donors (Lipinski definition) is 2. The lowest BCUT2D eigenvalue weighted by atomic mass is 10.2. The van der Waals surface area contributed by atoms with Crippen LogP contribution < -0.4 is 20.1 Å². The second kappa shape index (κ2) is 12.0. The van der Waals surface area contributed by atoms with Gasteiger partial charge in [-0.3, -0.25) is 4.21 Å². The maximum atomic E-state index is 12.3. The topological polar surface area (TPSA) is 72.0 Å². The molecule has 0 aromatic heterocycles. The Balaban J connectivity index is 1.89. The molecule has 0 bridgehead atoms. The van der Waals surface area contributed by atoms with Crippen molar-refractivity contribution in [3.8, 4) is 11.5 Å². The lowest BCUT2D eigenvalue weighted by Gasteiger charge is -2.12. The quantitative estimate of drug-likeness (QED) is 0.471. The highest BCUT2D eigenvalue weighted by atomic mass is 32.2. The van der Waals surface area contributed by atoms with E-state index >= 15 is 0 Å². The summed E-state index contributed by atoms with van der Waals surface area (Å²) in [7, 11) is 2.34. The first kappa shape index (κ1) is 21.8. The average molecular weight is 404 g/mol. The second-order valence-corrected chi connectivity index (χ2v) is 7.65. The Labute approximate surface area is 169 Å². The van der Waals surface area contributed by atoms with Gasteiger partial charge in [-0.25, -0.2) is 4.99 Å². The van der Waals surface area contributed by atoms with Crippen LogP contribution in [0.25, 0.3) is 0 Å². The number of ether oxygens (including phenoxy) is 2. The molecule has 152 valence electrons. The van der Waals surface area contributed by atoms with Gasteiger partial charge >= 0.3 is 0 Å². The van der Waals surface area contributed by atoms with E-state index in [1.807, 2.05) is 55.5 Å². The van der Waals surface area contributed by atoms with E-state index < -0.39 is 10.8 Å². The molecule has 0 amide bonds. The predicted molar refractivity (Wildman–Crippen MR) is 116 cm³/mol. The van der Waals surface area contributed by atoms with E-state index in [9.17, 15) is 4.21 Å². The number of guanidine groups is 1. The number of nitrogens with one attached hydrogen (secondary N) is 2. The van der Waals surface area contributed by atoms with Gasteiger partial charge in [0.2, 0.25) is 0 Å². The summed E-state index contributed by atoms with van der Waals surface area (Å²) in [5.41, 5.74) is 2.06. The van der Waals surface area contributed by atoms with Gasteiger partial charge in [0.25, 0.3) is 0 Å². The minimum absolute atomic E-state index is 0.468. The van der Waals surface area contributed by atoms with Crippen LogP contribution in [0.4, 0.5) is 0 Å². The van der Waals surface area contributed by atoms with Gasteiger partial charge in [0.05, 0.1) is 20.8 Å². The van der Waals surface area contributed by atoms with Crippen LogP contribution in [0.1, 0.15) is 18.1 Å². The molecule has 0 aliphatic heterocycles. The minimum Gasteiger partial charge on any atom is -0.497 e. The van der Waals surface area contributed by atoms with E-state index in [2.05, 4.69) is 15.6 Å². The van der Waals surface area contributed by atoms with Crippen LogP contribution in [0, 0.1) is 0 Å². The number of benzene rings is 2. The predicted octanol–water partition coefficient (Wildman–Crippen LogP) is 2.71. The van der Waals surface area contributed by atoms with E-state index in [4.69, 9.17) is 9.47 Å². The van der Waals surface area contributed by atoms with Crippen molar-refractivity contribution in [3.05, 3.63) is 59.7 Å². The van der Waals surface area contributed by atoms with Gasteiger partial charge in [0, 0.05) is 47.0 Å². The molecular formula is C21H29N3O3S. The molecule has 2 N–H and O–H groups in total. The van der Waals surface area contributed by atoms with Crippen molar-refractivity contribution < 1.29 is 13.7 Å². The Morgan fingerprint density at radius 1 is 1.07 bits per heavy atom. The van der Waals surface area contributed by atoms with Crippen LogP contribution in [0.2, 0.25) is 0 Å². The molecule has 1 unspecified atom stereocenters. The lowest BCUT2D eigenvalue weighted by molar-refractivity contribution is 0.391. The molecule has 0 fully saturated rings. The van der Waals surface area contributed by atoms with Crippen LogP contribution in [-0.2, 0) is 23.1 Å². The third-order valence-corrected chi connectivity index (χ3v) is 5.35. The summed E-state index contributed by atoms with van der Waals surface area (Å²) >= 11 is 0. The van der Waals surface area contributed by atoms with Crippen molar-refractivity contribution in [2.24, 2.45) is 4.99 Å². The maximum absolute atomic E-state index is 12.3. The first-order valence-corrected chi connectivity index (χ1v) is 10.8. The Hall–Kier alpha value is -2.54.